The van der Waals surface area contributed by atoms with Crippen LogP contribution in [-0.2, 0) is 26.0 Å². The molecule has 0 saturated carbocycles. The molecule has 2 aliphatic heterocycles. The summed E-state index contributed by atoms with van der Waals surface area (Å²) < 4.78 is 71.8. The molecule has 1 amide bonds. The number of carbonyl (C=O) groups is 1. The molecule has 2 aromatic carbocycles. The van der Waals surface area contributed by atoms with Crippen LogP contribution in [0, 0.1) is 0 Å². The highest BCUT2D eigenvalue weighted by Crippen LogP contribution is 2.35. The van der Waals surface area contributed by atoms with Crippen molar-refractivity contribution in [2.75, 3.05) is 25.1 Å². The predicted octanol–water partition coefficient (Wildman–Crippen LogP) is 3.28. The summed E-state index contributed by atoms with van der Waals surface area (Å²) in [4.78, 5) is 16.7. The Hall–Kier alpha value is -3.08. The van der Waals surface area contributed by atoms with Gasteiger partial charge in [-0.25, -0.2) is 17.7 Å². The minimum Gasteiger partial charge on any atom is -0.468 e. The number of amidine groups is 1. The lowest BCUT2D eigenvalue weighted by Gasteiger charge is -2.30. The summed E-state index contributed by atoms with van der Waals surface area (Å²) >= 11 is 0. The van der Waals surface area contributed by atoms with Gasteiger partial charge in [-0.1, -0.05) is 30.3 Å². The molecule has 1 atom stereocenters. The third-order valence-corrected chi connectivity index (χ3v) is 7.17. The average molecular weight is 467 g/mol. The minimum atomic E-state index is -5.01. The van der Waals surface area contributed by atoms with Gasteiger partial charge in [0.15, 0.2) is 0 Å². The van der Waals surface area contributed by atoms with Crippen LogP contribution < -0.4 is 4.90 Å². The number of ether oxygens (including phenoxy) is 1. The topological polar surface area (TPSA) is 79.3 Å². The smallest absolute Gasteiger partial charge is 0.468 e. The largest absolute Gasteiger partial charge is 0.471 e. The van der Waals surface area contributed by atoms with Crippen LogP contribution in [0.5, 0.6) is 0 Å². The fraction of sp³-hybridized carbons (Fsp3) is 0.333. The maximum atomic E-state index is 13.3. The molecule has 0 saturated heterocycles. The van der Waals surface area contributed by atoms with E-state index in [1.807, 2.05) is 30.3 Å². The number of aliphatic imine (C=N–C) groups is 1. The van der Waals surface area contributed by atoms with Crippen molar-refractivity contribution in [3.8, 4) is 0 Å². The molecule has 11 heteroatoms. The van der Waals surface area contributed by atoms with Crippen molar-refractivity contribution in [3.63, 3.8) is 0 Å². The van der Waals surface area contributed by atoms with Crippen LogP contribution in [0.2, 0.25) is 0 Å². The normalized spacial score (nSPS) is 18.9. The van der Waals surface area contributed by atoms with Crippen LogP contribution in [0.25, 0.3) is 0 Å². The first-order valence-corrected chi connectivity index (χ1v) is 11.3. The molecule has 2 aliphatic rings. The van der Waals surface area contributed by atoms with Crippen molar-refractivity contribution in [2.24, 2.45) is 4.99 Å². The SMILES string of the molecule is COC1=NC(c2ccccc2)CN1S(=O)(=O)c1ccc2c(c1)CCCN2C(=O)C(F)(F)F. The molecule has 32 heavy (non-hydrogen) atoms. The van der Waals surface area contributed by atoms with E-state index in [1.54, 1.807) is 0 Å². The highest BCUT2D eigenvalue weighted by Gasteiger charge is 2.44. The lowest BCUT2D eigenvalue weighted by Crippen LogP contribution is -2.44. The summed E-state index contributed by atoms with van der Waals surface area (Å²) in [6.07, 6.45) is -4.35. The fourth-order valence-electron chi connectivity index (χ4n) is 3.91. The Kier molecular flexibility index (Phi) is 5.61. The number of amides is 1. The Morgan fingerprint density at radius 3 is 2.53 bits per heavy atom. The van der Waals surface area contributed by atoms with E-state index >= 15 is 0 Å². The number of anilines is 1. The molecule has 2 heterocycles. The van der Waals surface area contributed by atoms with E-state index in [-0.39, 0.29) is 29.7 Å². The summed E-state index contributed by atoms with van der Waals surface area (Å²) in [5.41, 5.74) is 1.26. The van der Waals surface area contributed by atoms with Crippen LogP contribution in [0.4, 0.5) is 18.9 Å². The van der Waals surface area contributed by atoms with Gasteiger partial charge in [-0.15, -0.1) is 0 Å². The number of halogens is 3. The number of hydrogen-bond donors (Lipinski definition) is 0. The van der Waals surface area contributed by atoms with Gasteiger partial charge in [0.1, 0.15) is 0 Å². The van der Waals surface area contributed by atoms with Gasteiger partial charge in [0.05, 0.1) is 24.6 Å². The second kappa shape index (κ2) is 8.12. The van der Waals surface area contributed by atoms with E-state index < -0.39 is 28.1 Å². The standard InChI is InChI=1S/C21H20F3N3O4S/c1-31-20-25-17(14-6-3-2-4-7-14)13-27(20)32(29,30)16-9-10-18-15(12-16)8-5-11-26(18)19(28)21(22,23)24/h2-4,6-7,9-10,12,17H,5,8,11,13H2,1H3. The van der Waals surface area contributed by atoms with Crippen molar-refractivity contribution in [3.05, 3.63) is 59.7 Å². The number of carbonyl (C=O) groups excluding carboxylic acids is 1. The molecule has 0 bridgehead atoms. The van der Waals surface area contributed by atoms with Gasteiger partial charge in [-0.3, -0.25) is 4.79 Å². The number of hydrogen-bond acceptors (Lipinski definition) is 5. The summed E-state index contributed by atoms with van der Waals surface area (Å²) in [7, 11) is -2.77. The summed E-state index contributed by atoms with van der Waals surface area (Å²) in [6, 6.07) is 12.4. The molecule has 4 rings (SSSR count). The number of methoxy groups -OCH3 is 1. The number of rotatable bonds is 3. The molecule has 7 nitrogen and oxygen atoms in total. The van der Waals surface area contributed by atoms with Gasteiger partial charge < -0.3 is 9.64 Å². The predicted molar refractivity (Wildman–Crippen MR) is 111 cm³/mol. The molecule has 2 aromatic rings. The lowest BCUT2D eigenvalue weighted by atomic mass is 10.0. The Morgan fingerprint density at radius 2 is 1.88 bits per heavy atom. The van der Waals surface area contributed by atoms with E-state index in [0.29, 0.717) is 23.3 Å². The third-order valence-electron chi connectivity index (χ3n) is 5.43. The zero-order valence-corrected chi connectivity index (χ0v) is 17.9. The van der Waals surface area contributed by atoms with Crippen LogP contribution in [0.15, 0.2) is 58.4 Å². The van der Waals surface area contributed by atoms with Gasteiger partial charge in [0.25, 0.3) is 10.0 Å². The third kappa shape index (κ3) is 3.92. The molecule has 0 aliphatic carbocycles. The second-order valence-corrected chi connectivity index (χ2v) is 9.29. The van der Waals surface area contributed by atoms with Crippen molar-refractivity contribution < 1.29 is 31.1 Å². The van der Waals surface area contributed by atoms with Crippen molar-refractivity contribution in [1.82, 2.24) is 4.31 Å². The Morgan fingerprint density at radius 1 is 1.16 bits per heavy atom. The number of sulfonamides is 1. The molecule has 0 N–H and O–H groups in total. The van der Waals surface area contributed by atoms with Gasteiger partial charge in [-0.2, -0.15) is 13.2 Å². The first kappa shape index (κ1) is 22.1. The van der Waals surface area contributed by atoms with E-state index in [2.05, 4.69) is 4.99 Å². The van der Waals surface area contributed by atoms with Gasteiger partial charge in [0, 0.05) is 12.2 Å². The fourth-order valence-corrected chi connectivity index (χ4v) is 5.36. The number of benzene rings is 2. The van der Waals surface area contributed by atoms with Crippen LogP contribution >= 0.6 is 0 Å². The van der Waals surface area contributed by atoms with Gasteiger partial charge in [-0.05, 0) is 42.2 Å². The van der Waals surface area contributed by atoms with E-state index in [9.17, 15) is 26.4 Å². The molecule has 170 valence electrons. The maximum absolute atomic E-state index is 13.3. The molecule has 0 aromatic heterocycles. The van der Waals surface area contributed by atoms with Gasteiger partial charge in [0.2, 0.25) is 0 Å². The average Bonchev–Trinajstić information content (AvgIpc) is 3.23. The van der Waals surface area contributed by atoms with Crippen molar-refractivity contribution >= 4 is 27.6 Å². The Balaban J connectivity index is 1.65. The monoisotopic (exact) mass is 467 g/mol. The van der Waals surface area contributed by atoms with E-state index in [0.717, 1.165) is 9.87 Å². The maximum Gasteiger partial charge on any atom is 0.471 e. The van der Waals surface area contributed by atoms with Crippen molar-refractivity contribution in [1.29, 1.82) is 0 Å². The van der Waals surface area contributed by atoms with Gasteiger partial charge >= 0.3 is 18.1 Å². The first-order chi connectivity index (χ1) is 15.1. The van der Waals surface area contributed by atoms with E-state index in [1.165, 1.54) is 25.3 Å². The Bertz CT molecular complexity index is 1170. The molecule has 0 fully saturated rings. The van der Waals surface area contributed by atoms with Crippen LogP contribution in [0.3, 0.4) is 0 Å². The zero-order valence-electron chi connectivity index (χ0n) is 17.0. The zero-order chi connectivity index (χ0) is 23.1. The highest BCUT2D eigenvalue weighted by atomic mass is 32.2. The lowest BCUT2D eigenvalue weighted by molar-refractivity contribution is -0.170. The number of alkyl halides is 3. The van der Waals surface area contributed by atoms with Crippen molar-refractivity contribution in [2.45, 2.75) is 30.0 Å². The summed E-state index contributed by atoms with van der Waals surface area (Å²) in [5, 5.41) is 0. The van der Waals surface area contributed by atoms with Crippen LogP contribution in [-0.4, -0.2) is 51.0 Å². The van der Waals surface area contributed by atoms with E-state index in [4.69, 9.17) is 4.74 Å². The van der Waals surface area contributed by atoms with Crippen LogP contribution in [0.1, 0.15) is 23.6 Å². The second-order valence-electron chi connectivity index (χ2n) is 7.43. The number of fused-ring (bicyclic) bond motifs is 1. The molecule has 0 radical (unpaired) electrons. The minimum absolute atomic E-state index is 0.0330. The number of aryl methyl sites for hydroxylation is 1. The Labute approximate surface area is 183 Å². The molecule has 1 unspecified atom stereocenters. The molecular weight excluding hydrogens is 447 g/mol. The quantitative estimate of drug-likeness (QED) is 0.694. The highest BCUT2D eigenvalue weighted by molar-refractivity contribution is 7.89. The summed E-state index contributed by atoms with van der Waals surface area (Å²) in [6.45, 7) is -0.0475. The molecular formula is C21H20F3N3O4S. The number of nitrogens with zero attached hydrogens (tertiary/aromatic N) is 3. The first-order valence-electron chi connectivity index (χ1n) is 9.84. The molecule has 0 spiro atoms. The summed E-state index contributed by atoms with van der Waals surface area (Å²) in [5.74, 6) is -1.96.